The van der Waals surface area contributed by atoms with E-state index < -0.39 is 0 Å². The fourth-order valence-electron chi connectivity index (χ4n) is 2.01. The van der Waals surface area contributed by atoms with Gasteiger partial charge in [-0.3, -0.25) is 0 Å². The number of hydrogen-bond donors (Lipinski definition) is 1. The number of aromatic nitrogens is 2. The first kappa shape index (κ1) is 14.9. The van der Waals surface area contributed by atoms with Crippen LogP contribution in [0.25, 0.3) is 11.4 Å². The SMILES string of the molecule is CCNc1nc(-c2cc(C)cc(F)c2)nc(CC)c1Br. The quantitative estimate of drug-likeness (QED) is 0.901. The van der Waals surface area contributed by atoms with E-state index in [1.54, 1.807) is 0 Å². The third-order valence-corrected chi connectivity index (χ3v) is 3.73. The lowest BCUT2D eigenvalue weighted by molar-refractivity contribution is 0.627. The zero-order chi connectivity index (χ0) is 14.7. The summed E-state index contributed by atoms with van der Waals surface area (Å²) in [6, 6.07) is 4.85. The fourth-order valence-corrected chi connectivity index (χ4v) is 2.60. The molecule has 1 heterocycles. The zero-order valence-electron chi connectivity index (χ0n) is 11.8. The molecule has 1 aromatic carbocycles. The van der Waals surface area contributed by atoms with Crippen molar-refractivity contribution in [2.24, 2.45) is 0 Å². The van der Waals surface area contributed by atoms with Crippen LogP contribution in [0, 0.1) is 12.7 Å². The Morgan fingerprint density at radius 3 is 2.55 bits per heavy atom. The molecule has 0 aliphatic carbocycles. The van der Waals surface area contributed by atoms with E-state index in [2.05, 4.69) is 31.2 Å². The van der Waals surface area contributed by atoms with E-state index in [0.717, 1.165) is 34.5 Å². The molecule has 5 heteroatoms. The smallest absolute Gasteiger partial charge is 0.161 e. The van der Waals surface area contributed by atoms with Gasteiger partial charge in [0.25, 0.3) is 0 Å². The largest absolute Gasteiger partial charge is 0.369 e. The summed E-state index contributed by atoms with van der Waals surface area (Å²) in [7, 11) is 0. The Morgan fingerprint density at radius 1 is 1.20 bits per heavy atom. The van der Waals surface area contributed by atoms with Crippen LogP contribution in [0.5, 0.6) is 0 Å². The van der Waals surface area contributed by atoms with Crippen LogP contribution in [0.15, 0.2) is 22.7 Å². The molecule has 0 atom stereocenters. The van der Waals surface area contributed by atoms with Crippen molar-refractivity contribution in [3.05, 3.63) is 39.7 Å². The van der Waals surface area contributed by atoms with Gasteiger partial charge in [-0.25, -0.2) is 14.4 Å². The second-order valence-electron chi connectivity index (χ2n) is 4.56. The molecule has 1 aromatic heterocycles. The maximum Gasteiger partial charge on any atom is 0.161 e. The molecule has 0 saturated carbocycles. The summed E-state index contributed by atoms with van der Waals surface area (Å²) in [6.07, 6.45) is 0.781. The first-order chi connectivity index (χ1) is 9.55. The molecule has 2 aromatic rings. The van der Waals surface area contributed by atoms with Crippen LogP contribution in [0.4, 0.5) is 10.2 Å². The van der Waals surface area contributed by atoms with E-state index in [1.165, 1.54) is 12.1 Å². The van der Waals surface area contributed by atoms with Gasteiger partial charge in [0, 0.05) is 12.1 Å². The number of halogens is 2. The van der Waals surface area contributed by atoms with Gasteiger partial charge in [0.05, 0.1) is 10.2 Å². The van der Waals surface area contributed by atoms with Gasteiger partial charge in [-0.05, 0) is 60.0 Å². The van der Waals surface area contributed by atoms with Gasteiger partial charge in [-0.2, -0.15) is 0 Å². The van der Waals surface area contributed by atoms with Gasteiger partial charge in [-0.15, -0.1) is 0 Å². The Balaban J connectivity index is 2.58. The highest BCUT2D eigenvalue weighted by Gasteiger charge is 2.12. The van der Waals surface area contributed by atoms with Crippen LogP contribution in [0.2, 0.25) is 0 Å². The second-order valence-corrected chi connectivity index (χ2v) is 5.35. The number of rotatable bonds is 4. The lowest BCUT2D eigenvalue weighted by Crippen LogP contribution is -2.06. The van der Waals surface area contributed by atoms with E-state index in [4.69, 9.17) is 0 Å². The molecule has 2 rings (SSSR count). The van der Waals surface area contributed by atoms with Crippen molar-refractivity contribution in [2.75, 3.05) is 11.9 Å². The Kier molecular flexibility index (Phi) is 4.70. The van der Waals surface area contributed by atoms with Crippen molar-refractivity contribution in [3.63, 3.8) is 0 Å². The number of nitrogens with one attached hydrogen (secondary N) is 1. The molecule has 0 radical (unpaired) electrons. The van der Waals surface area contributed by atoms with E-state index in [1.807, 2.05) is 26.8 Å². The van der Waals surface area contributed by atoms with Crippen LogP contribution in [-0.4, -0.2) is 16.5 Å². The Hall–Kier alpha value is -1.49. The monoisotopic (exact) mass is 337 g/mol. The third-order valence-electron chi connectivity index (χ3n) is 2.90. The average Bonchev–Trinajstić information content (AvgIpc) is 2.40. The summed E-state index contributed by atoms with van der Waals surface area (Å²) >= 11 is 3.52. The predicted molar refractivity (Wildman–Crippen MR) is 83.4 cm³/mol. The molecule has 0 bridgehead atoms. The summed E-state index contributed by atoms with van der Waals surface area (Å²) in [5.74, 6) is 1.02. The maximum absolute atomic E-state index is 13.5. The lowest BCUT2D eigenvalue weighted by Gasteiger charge is -2.11. The highest BCUT2D eigenvalue weighted by Crippen LogP contribution is 2.28. The van der Waals surface area contributed by atoms with E-state index in [0.29, 0.717) is 11.4 Å². The Bertz CT molecular complexity index is 609. The zero-order valence-corrected chi connectivity index (χ0v) is 13.4. The lowest BCUT2D eigenvalue weighted by atomic mass is 10.1. The van der Waals surface area contributed by atoms with Gasteiger partial charge in [0.15, 0.2) is 5.82 Å². The van der Waals surface area contributed by atoms with Crippen LogP contribution in [0.3, 0.4) is 0 Å². The molecule has 0 aliphatic rings. The number of aryl methyl sites for hydroxylation is 2. The van der Waals surface area contributed by atoms with Crippen molar-refractivity contribution in [1.29, 1.82) is 0 Å². The van der Waals surface area contributed by atoms with E-state index in [-0.39, 0.29) is 5.82 Å². The standard InChI is InChI=1S/C15H17BrFN3/c1-4-12-13(16)15(18-5-2)20-14(19-12)10-6-9(3)7-11(17)8-10/h6-8H,4-5H2,1-3H3,(H,18,19,20). The molecular weight excluding hydrogens is 321 g/mol. The molecule has 3 nitrogen and oxygen atoms in total. The molecule has 106 valence electrons. The number of nitrogens with zero attached hydrogens (tertiary/aromatic N) is 2. The summed E-state index contributed by atoms with van der Waals surface area (Å²) in [4.78, 5) is 9.01. The number of anilines is 1. The van der Waals surface area contributed by atoms with Crippen molar-refractivity contribution in [2.45, 2.75) is 27.2 Å². The van der Waals surface area contributed by atoms with Crippen molar-refractivity contribution < 1.29 is 4.39 Å². The molecule has 0 fully saturated rings. The first-order valence-corrected chi connectivity index (χ1v) is 7.42. The number of benzene rings is 1. The molecule has 1 N–H and O–H groups in total. The Morgan fingerprint density at radius 2 is 1.95 bits per heavy atom. The van der Waals surface area contributed by atoms with Gasteiger partial charge < -0.3 is 5.32 Å². The minimum Gasteiger partial charge on any atom is -0.369 e. The van der Waals surface area contributed by atoms with Crippen molar-refractivity contribution >= 4 is 21.7 Å². The summed E-state index contributed by atoms with van der Waals surface area (Å²) < 4.78 is 14.4. The topological polar surface area (TPSA) is 37.8 Å². The maximum atomic E-state index is 13.5. The van der Waals surface area contributed by atoms with Gasteiger partial charge in [0.1, 0.15) is 11.6 Å². The summed E-state index contributed by atoms with van der Waals surface area (Å²) in [5, 5.41) is 3.20. The predicted octanol–water partition coefficient (Wildman–Crippen LogP) is 4.35. The minimum atomic E-state index is -0.269. The summed E-state index contributed by atoms with van der Waals surface area (Å²) in [5.41, 5.74) is 2.46. The minimum absolute atomic E-state index is 0.269. The van der Waals surface area contributed by atoms with Gasteiger partial charge in [0.2, 0.25) is 0 Å². The second kappa shape index (κ2) is 6.31. The fraction of sp³-hybridized carbons (Fsp3) is 0.333. The van der Waals surface area contributed by atoms with Crippen LogP contribution < -0.4 is 5.32 Å². The van der Waals surface area contributed by atoms with Crippen LogP contribution in [0.1, 0.15) is 25.1 Å². The van der Waals surface area contributed by atoms with Crippen LogP contribution in [-0.2, 0) is 6.42 Å². The molecule has 0 aliphatic heterocycles. The average molecular weight is 338 g/mol. The molecule has 0 unspecified atom stereocenters. The van der Waals surface area contributed by atoms with Crippen molar-refractivity contribution in [3.8, 4) is 11.4 Å². The number of hydrogen-bond acceptors (Lipinski definition) is 3. The molecule has 0 amide bonds. The van der Waals surface area contributed by atoms with E-state index in [9.17, 15) is 4.39 Å². The highest BCUT2D eigenvalue weighted by atomic mass is 79.9. The molecular formula is C15H17BrFN3. The Labute approximate surface area is 126 Å². The van der Waals surface area contributed by atoms with Crippen LogP contribution >= 0.6 is 15.9 Å². The molecule has 0 spiro atoms. The highest BCUT2D eigenvalue weighted by molar-refractivity contribution is 9.10. The third kappa shape index (κ3) is 3.15. The molecule has 20 heavy (non-hydrogen) atoms. The normalized spacial score (nSPS) is 10.7. The van der Waals surface area contributed by atoms with E-state index >= 15 is 0 Å². The van der Waals surface area contributed by atoms with Gasteiger partial charge >= 0.3 is 0 Å². The molecule has 0 saturated heterocycles. The van der Waals surface area contributed by atoms with Crippen molar-refractivity contribution in [1.82, 2.24) is 9.97 Å². The van der Waals surface area contributed by atoms with Gasteiger partial charge in [-0.1, -0.05) is 6.92 Å². The summed E-state index contributed by atoms with van der Waals surface area (Å²) in [6.45, 7) is 6.66. The first-order valence-electron chi connectivity index (χ1n) is 6.63.